The highest BCUT2D eigenvalue weighted by molar-refractivity contribution is 7.86. The SMILES string of the molecule is CC(NC(=O)c1ccc(-c2cnccc2C(=O)Nc2ccc(C(=N)N)cc2)c(C(=O)OS(C)(=O)=O)c1)C(C)(C)C. The Morgan fingerprint density at radius 3 is 2.15 bits per heavy atom. The van der Waals surface area contributed by atoms with Crippen LogP contribution in [0.1, 0.15) is 64.3 Å². The molecule has 2 amide bonds. The topological polar surface area (TPSA) is 181 Å². The number of carbonyl (C=O) groups is 3. The van der Waals surface area contributed by atoms with E-state index in [1.807, 2.05) is 27.7 Å². The summed E-state index contributed by atoms with van der Waals surface area (Å²) in [7, 11) is -4.19. The number of nitrogens with zero attached hydrogens (tertiary/aromatic N) is 1. The van der Waals surface area contributed by atoms with E-state index in [1.165, 1.54) is 36.7 Å². The molecule has 40 heavy (non-hydrogen) atoms. The number of anilines is 1. The van der Waals surface area contributed by atoms with Crippen molar-refractivity contribution in [1.82, 2.24) is 10.3 Å². The molecule has 11 nitrogen and oxygen atoms in total. The van der Waals surface area contributed by atoms with E-state index in [1.54, 1.807) is 24.3 Å². The summed E-state index contributed by atoms with van der Waals surface area (Å²) < 4.78 is 28.2. The second-order valence-corrected chi connectivity index (χ2v) is 11.8. The van der Waals surface area contributed by atoms with E-state index in [-0.39, 0.29) is 45.1 Å². The van der Waals surface area contributed by atoms with Gasteiger partial charge in [0.2, 0.25) is 0 Å². The molecule has 0 saturated heterocycles. The maximum Gasteiger partial charge on any atom is 0.354 e. The van der Waals surface area contributed by atoms with Crippen LogP contribution in [0, 0.1) is 10.8 Å². The highest BCUT2D eigenvalue weighted by atomic mass is 32.2. The molecule has 1 aromatic heterocycles. The van der Waals surface area contributed by atoms with Gasteiger partial charge in [0.05, 0.1) is 17.4 Å². The number of nitrogens with one attached hydrogen (secondary N) is 3. The van der Waals surface area contributed by atoms with E-state index in [0.29, 0.717) is 11.3 Å². The fraction of sp³-hybridized carbons (Fsp3) is 0.250. The number of carbonyl (C=O) groups excluding carboxylic acids is 3. The molecular formula is C28H31N5O6S. The monoisotopic (exact) mass is 565 g/mol. The predicted octanol–water partition coefficient (Wildman–Crippen LogP) is 3.57. The van der Waals surface area contributed by atoms with Crippen LogP contribution in [0.4, 0.5) is 5.69 Å². The van der Waals surface area contributed by atoms with Gasteiger partial charge in [0.15, 0.2) is 0 Å². The first-order valence-electron chi connectivity index (χ1n) is 12.2. The van der Waals surface area contributed by atoms with Gasteiger partial charge in [-0.1, -0.05) is 26.8 Å². The summed E-state index contributed by atoms with van der Waals surface area (Å²) in [5.74, 6) is -2.35. The first kappa shape index (κ1) is 30.0. The lowest BCUT2D eigenvalue weighted by molar-refractivity contribution is 0.0748. The van der Waals surface area contributed by atoms with Gasteiger partial charge >= 0.3 is 16.1 Å². The Morgan fingerprint density at radius 2 is 1.57 bits per heavy atom. The molecule has 0 spiro atoms. The molecule has 5 N–H and O–H groups in total. The fourth-order valence-corrected chi connectivity index (χ4v) is 3.87. The third-order valence-electron chi connectivity index (χ3n) is 6.19. The minimum Gasteiger partial charge on any atom is -0.384 e. The highest BCUT2D eigenvalue weighted by Crippen LogP contribution is 2.30. The zero-order valence-corrected chi connectivity index (χ0v) is 23.5. The van der Waals surface area contributed by atoms with Gasteiger partial charge in [0, 0.05) is 40.8 Å². The van der Waals surface area contributed by atoms with Crippen molar-refractivity contribution in [3.63, 3.8) is 0 Å². The molecule has 0 aliphatic carbocycles. The Bertz CT molecular complexity index is 1580. The summed E-state index contributed by atoms with van der Waals surface area (Å²) in [4.78, 5) is 43.3. The molecular weight excluding hydrogens is 534 g/mol. The van der Waals surface area contributed by atoms with Crippen LogP contribution in [-0.2, 0) is 14.3 Å². The van der Waals surface area contributed by atoms with E-state index in [4.69, 9.17) is 11.1 Å². The average Bonchev–Trinajstić information content (AvgIpc) is 2.87. The molecule has 210 valence electrons. The van der Waals surface area contributed by atoms with Crippen molar-refractivity contribution in [3.8, 4) is 11.1 Å². The van der Waals surface area contributed by atoms with Crippen LogP contribution >= 0.6 is 0 Å². The van der Waals surface area contributed by atoms with Gasteiger partial charge in [-0.15, -0.1) is 0 Å². The number of amidine groups is 1. The Balaban J connectivity index is 2.05. The van der Waals surface area contributed by atoms with Crippen molar-refractivity contribution in [2.24, 2.45) is 11.1 Å². The summed E-state index contributed by atoms with van der Waals surface area (Å²) in [6, 6.07) is 11.7. The third kappa shape index (κ3) is 7.50. The summed E-state index contributed by atoms with van der Waals surface area (Å²) in [5, 5.41) is 13.1. The molecule has 1 atom stereocenters. The van der Waals surface area contributed by atoms with Crippen molar-refractivity contribution >= 4 is 39.4 Å². The van der Waals surface area contributed by atoms with E-state index in [2.05, 4.69) is 19.8 Å². The van der Waals surface area contributed by atoms with Crippen molar-refractivity contribution in [3.05, 3.63) is 83.2 Å². The fourth-order valence-electron chi connectivity index (χ4n) is 3.51. The Kier molecular flexibility index (Phi) is 8.74. The van der Waals surface area contributed by atoms with Crippen molar-refractivity contribution in [2.45, 2.75) is 33.7 Å². The second-order valence-electron chi connectivity index (χ2n) is 10.3. The minimum atomic E-state index is -4.19. The quantitative estimate of drug-likeness (QED) is 0.182. The van der Waals surface area contributed by atoms with Crippen LogP contribution in [-0.4, -0.2) is 49.3 Å². The van der Waals surface area contributed by atoms with Crippen LogP contribution in [0.25, 0.3) is 11.1 Å². The van der Waals surface area contributed by atoms with Crippen LogP contribution in [0.5, 0.6) is 0 Å². The Hall–Kier alpha value is -4.58. The van der Waals surface area contributed by atoms with E-state index in [9.17, 15) is 22.8 Å². The van der Waals surface area contributed by atoms with Gasteiger partial charge in [-0.3, -0.25) is 20.0 Å². The molecule has 12 heteroatoms. The van der Waals surface area contributed by atoms with Crippen LogP contribution < -0.4 is 16.4 Å². The first-order valence-corrected chi connectivity index (χ1v) is 14.0. The molecule has 3 rings (SSSR count). The number of nitrogens with two attached hydrogens (primary N) is 1. The number of hydrogen-bond acceptors (Lipinski definition) is 8. The summed E-state index contributed by atoms with van der Waals surface area (Å²) in [5.41, 5.74) is 6.47. The van der Waals surface area contributed by atoms with Crippen LogP contribution in [0.15, 0.2) is 60.9 Å². The molecule has 0 aliphatic rings. The van der Waals surface area contributed by atoms with Gasteiger partial charge in [0.1, 0.15) is 5.84 Å². The normalized spacial score (nSPS) is 12.2. The number of amides is 2. The van der Waals surface area contributed by atoms with Gasteiger partial charge in [0.25, 0.3) is 11.8 Å². The lowest BCUT2D eigenvalue weighted by atomic mass is 9.88. The summed E-state index contributed by atoms with van der Waals surface area (Å²) >= 11 is 0. The van der Waals surface area contributed by atoms with E-state index < -0.39 is 27.9 Å². The molecule has 0 bridgehead atoms. The van der Waals surface area contributed by atoms with Crippen LogP contribution in [0.3, 0.4) is 0 Å². The third-order valence-corrected chi connectivity index (χ3v) is 6.64. The maximum absolute atomic E-state index is 13.2. The molecule has 0 fully saturated rings. The van der Waals surface area contributed by atoms with Gasteiger partial charge < -0.3 is 20.6 Å². The van der Waals surface area contributed by atoms with Crippen molar-refractivity contribution in [2.75, 3.05) is 11.6 Å². The summed E-state index contributed by atoms with van der Waals surface area (Å²) in [6.45, 7) is 7.73. The number of hydrogen-bond donors (Lipinski definition) is 4. The predicted molar refractivity (Wildman–Crippen MR) is 152 cm³/mol. The highest BCUT2D eigenvalue weighted by Gasteiger charge is 2.26. The zero-order valence-electron chi connectivity index (χ0n) is 22.7. The molecule has 0 radical (unpaired) electrons. The molecule has 1 heterocycles. The molecule has 2 aromatic carbocycles. The lowest BCUT2D eigenvalue weighted by Gasteiger charge is -2.28. The van der Waals surface area contributed by atoms with E-state index in [0.717, 1.165) is 6.26 Å². The van der Waals surface area contributed by atoms with Gasteiger partial charge in [-0.2, -0.15) is 8.42 Å². The first-order chi connectivity index (χ1) is 18.6. The molecule has 0 saturated carbocycles. The molecule has 3 aromatic rings. The van der Waals surface area contributed by atoms with Gasteiger partial charge in [-0.25, -0.2) is 4.79 Å². The van der Waals surface area contributed by atoms with Gasteiger partial charge in [-0.05, 0) is 60.4 Å². The van der Waals surface area contributed by atoms with Crippen LogP contribution in [0.2, 0.25) is 0 Å². The molecule has 1 unspecified atom stereocenters. The molecule has 0 aliphatic heterocycles. The Morgan fingerprint density at radius 1 is 0.950 bits per heavy atom. The average molecular weight is 566 g/mol. The maximum atomic E-state index is 13.2. The minimum absolute atomic E-state index is 0.0979. The summed E-state index contributed by atoms with van der Waals surface area (Å²) in [6.07, 6.45) is 3.47. The number of rotatable bonds is 8. The number of aromatic nitrogens is 1. The van der Waals surface area contributed by atoms with E-state index >= 15 is 0 Å². The van der Waals surface area contributed by atoms with Crippen molar-refractivity contribution < 1.29 is 27.0 Å². The second kappa shape index (κ2) is 11.7. The largest absolute Gasteiger partial charge is 0.384 e. The Labute approximate surface area is 232 Å². The number of pyridine rings is 1. The lowest BCUT2D eigenvalue weighted by Crippen LogP contribution is -2.41. The smallest absolute Gasteiger partial charge is 0.354 e. The van der Waals surface area contributed by atoms with Crippen molar-refractivity contribution in [1.29, 1.82) is 5.41 Å². The zero-order chi connectivity index (χ0) is 29.8. The standard InChI is InChI=1S/C28H31N5O6S/c1-16(28(2,3)4)32-25(34)18-8-11-20(22(14-18)27(36)39-40(5,37)38)23-15-31-13-12-21(23)26(35)33-19-9-6-17(7-10-19)24(29)30/h6-16H,1-5H3,(H3,29,30)(H,32,34)(H,33,35). The number of benzene rings is 2. The number of nitrogen functional groups attached to an aromatic ring is 1.